The average molecular weight is 229 g/mol. The first-order valence-electron chi connectivity index (χ1n) is 6.11. The Morgan fingerprint density at radius 1 is 1.35 bits per heavy atom. The van der Waals surface area contributed by atoms with Crippen LogP contribution < -0.4 is 5.32 Å². The molecule has 2 aromatic rings. The lowest BCUT2D eigenvalue weighted by atomic mass is 10.1. The van der Waals surface area contributed by atoms with Crippen LogP contribution in [0.3, 0.4) is 0 Å². The fourth-order valence-electron chi connectivity index (χ4n) is 1.89. The minimum atomic E-state index is 0.894. The van der Waals surface area contributed by atoms with E-state index in [1.54, 1.807) is 0 Å². The lowest BCUT2D eigenvalue weighted by molar-refractivity contribution is 0.670. The Morgan fingerprint density at radius 3 is 2.94 bits per heavy atom. The van der Waals surface area contributed by atoms with Gasteiger partial charge in [0.1, 0.15) is 0 Å². The quantitative estimate of drug-likeness (QED) is 0.799. The van der Waals surface area contributed by atoms with Gasteiger partial charge in [0.2, 0.25) is 0 Å². The Kier molecular flexibility index (Phi) is 3.94. The molecule has 0 unspecified atom stereocenters. The molecule has 17 heavy (non-hydrogen) atoms. The van der Waals surface area contributed by atoms with Crippen molar-refractivity contribution in [3.63, 3.8) is 0 Å². The van der Waals surface area contributed by atoms with Crippen molar-refractivity contribution >= 4 is 0 Å². The van der Waals surface area contributed by atoms with Gasteiger partial charge in [0.05, 0.1) is 5.69 Å². The van der Waals surface area contributed by atoms with Crippen molar-refractivity contribution in [1.82, 2.24) is 15.1 Å². The van der Waals surface area contributed by atoms with Crippen LogP contribution in [0.2, 0.25) is 0 Å². The van der Waals surface area contributed by atoms with E-state index in [9.17, 15) is 0 Å². The molecule has 0 atom stereocenters. The molecule has 0 saturated heterocycles. The number of hydrogen-bond acceptors (Lipinski definition) is 2. The molecule has 0 aliphatic carbocycles. The summed E-state index contributed by atoms with van der Waals surface area (Å²) in [6.07, 6.45) is 4.94. The molecule has 90 valence electrons. The van der Waals surface area contributed by atoms with Gasteiger partial charge in [-0.3, -0.25) is 0 Å². The molecule has 0 fully saturated rings. The molecule has 2 rings (SSSR count). The topological polar surface area (TPSA) is 29.9 Å². The maximum atomic E-state index is 4.29. The van der Waals surface area contributed by atoms with Gasteiger partial charge in [0.25, 0.3) is 0 Å². The lowest BCUT2D eigenvalue weighted by Crippen LogP contribution is -2.15. The molecule has 1 N–H and O–H groups in total. The van der Waals surface area contributed by atoms with Crippen LogP contribution in [0.5, 0.6) is 0 Å². The van der Waals surface area contributed by atoms with E-state index in [2.05, 4.69) is 42.5 Å². The molecule has 3 heteroatoms. The van der Waals surface area contributed by atoms with Crippen LogP contribution in [0.1, 0.15) is 24.5 Å². The number of aryl methyl sites for hydroxylation is 1. The fourth-order valence-corrected chi connectivity index (χ4v) is 1.89. The molecule has 3 nitrogen and oxygen atoms in total. The number of aromatic nitrogens is 2. The van der Waals surface area contributed by atoms with Crippen molar-refractivity contribution in [2.45, 2.75) is 26.8 Å². The van der Waals surface area contributed by atoms with Crippen LogP contribution in [0.4, 0.5) is 0 Å². The second kappa shape index (κ2) is 5.64. The summed E-state index contributed by atoms with van der Waals surface area (Å²) < 4.78 is 1.92. The van der Waals surface area contributed by atoms with Gasteiger partial charge < -0.3 is 5.32 Å². The summed E-state index contributed by atoms with van der Waals surface area (Å²) in [7, 11) is 0. The van der Waals surface area contributed by atoms with Crippen LogP contribution in [-0.4, -0.2) is 16.3 Å². The summed E-state index contributed by atoms with van der Waals surface area (Å²) in [4.78, 5) is 0. The van der Waals surface area contributed by atoms with Gasteiger partial charge in [-0.15, -0.1) is 0 Å². The Labute approximate surface area is 102 Å². The molecule has 0 aliphatic heterocycles. The first kappa shape index (κ1) is 11.9. The Bertz CT molecular complexity index is 460. The summed E-state index contributed by atoms with van der Waals surface area (Å²) in [5, 5.41) is 7.73. The van der Waals surface area contributed by atoms with E-state index in [-0.39, 0.29) is 0 Å². The average Bonchev–Trinajstić information content (AvgIpc) is 2.83. The van der Waals surface area contributed by atoms with Crippen LogP contribution >= 0.6 is 0 Å². The maximum Gasteiger partial charge on any atom is 0.0690 e. The van der Waals surface area contributed by atoms with Crippen LogP contribution in [-0.2, 0) is 6.54 Å². The van der Waals surface area contributed by atoms with Crippen molar-refractivity contribution < 1.29 is 0 Å². The highest BCUT2D eigenvalue weighted by molar-refractivity contribution is 5.42. The van der Waals surface area contributed by atoms with Crippen LogP contribution in [0.15, 0.2) is 36.7 Å². The Hall–Kier alpha value is -1.61. The summed E-state index contributed by atoms with van der Waals surface area (Å²) >= 11 is 0. The smallest absolute Gasteiger partial charge is 0.0690 e. The van der Waals surface area contributed by atoms with Crippen LogP contribution in [0, 0.1) is 6.92 Å². The maximum absolute atomic E-state index is 4.29. The predicted molar refractivity (Wildman–Crippen MR) is 70.3 cm³/mol. The monoisotopic (exact) mass is 229 g/mol. The zero-order chi connectivity index (χ0) is 12.1. The van der Waals surface area contributed by atoms with Gasteiger partial charge in [-0.05, 0) is 37.6 Å². The number of benzene rings is 1. The number of nitrogens with zero attached hydrogens (tertiary/aromatic N) is 2. The van der Waals surface area contributed by atoms with Gasteiger partial charge in [0, 0.05) is 18.9 Å². The SMILES string of the molecule is CCCNCc1cc(C)ccc1-n1cccn1. The van der Waals surface area contributed by atoms with E-state index in [4.69, 9.17) is 0 Å². The first-order chi connectivity index (χ1) is 8.31. The molecule has 0 spiro atoms. The van der Waals surface area contributed by atoms with Crippen molar-refractivity contribution in [2.24, 2.45) is 0 Å². The predicted octanol–water partition coefficient (Wildman–Crippen LogP) is 2.68. The highest BCUT2D eigenvalue weighted by Crippen LogP contribution is 2.15. The summed E-state index contributed by atoms with van der Waals surface area (Å²) in [6.45, 7) is 6.24. The highest BCUT2D eigenvalue weighted by atomic mass is 15.3. The Morgan fingerprint density at radius 2 is 2.24 bits per heavy atom. The molecule has 0 amide bonds. The van der Waals surface area contributed by atoms with E-state index in [1.165, 1.54) is 11.1 Å². The zero-order valence-electron chi connectivity index (χ0n) is 10.5. The summed E-state index contributed by atoms with van der Waals surface area (Å²) in [6, 6.07) is 8.43. The third-order valence-corrected chi connectivity index (χ3v) is 2.73. The summed E-state index contributed by atoms with van der Waals surface area (Å²) in [5.74, 6) is 0. The molecular formula is C14H19N3. The third-order valence-electron chi connectivity index (χ3n) is 2.73. The normalized spacial score (nSPS) is 10.7. The standard InChI is InChI=1S/C14H19N3/c1-3-7-15-11-13-10-12(2)5-6-14(13)17-9-4-8-16-17/h4-6,8-10,15H,3,7,11H2,1-2H3. The van der Waals surface area contributed by atoms with E-state index >= 15 is 0 Å². The van der Waals surface area contributed by atoms with Crippen LogP contribution in [0.25, 0.3) is 5.69 Å². The van der Waals surface area contributed by atoms with Gasteiger partial charge in [0.15, 0.2) is 0 Å². The number of nitrogens with one attached hydrogen (secondary N) is 1. The van der Waals surface area contributed by atoms with Crippen molar-refractivity contribution in [3.05, 3.63) is 47.8 Å². The van der Waals surface area contributed by atoms with Gasteiger partial charge >= 0.3 is 0 Å². The van der Waals surface area contributed by atoms with Gasteiger partial charge in [-0.2, -0.15) is 5.10 Å². The van der Waals surface area contributed by atoms with E-state index in [1.807, 2.05) is 23.1 Å². The number of rotatable bonds is 5. The highest BCUT2D eigenvalue weighted by Gasteiger charge is 2.04. The molecule has 0 aliphatic rings. The van der Waals surface area contributed by atoms with E-state index in [0.29, 0.717) is 0 Å². The summed E-state index contributed by atoms with van der Waals surface area (Å²) in [5.41, 5.74) is 3.74. The van der Waals surface area contributed by atoms with Crippen molar-refractivity contribution in [1.29, 1.82) is 0 Å². The molecule has 1 aromatic carbocycles. The molecule has 0 saturated carbocycles. The largest absolute Gasteiger partial charge is 0.313 e. The minimum absolute atomic E-state index is 0.894. The van der Waals surface area contributed by atoms with Gasteiger partial charge in [-0.25, -0.2) is 4.68 Å². The third kappa shape index (κ3) is 2.94. The molecule has 0 radical (unpaired) electrons. The lowest BCUT2D eigenvalue weighted by Gasteiger charge is -2.11. The molecule has 0 bridgehead atoms. The fraction of sp³-hybridized carbons (Fsp3) is 0.357. The second-order valence-corrected chi connectivity index (χ2v) is 4.26. The minimum Gasteiger partial charge on any atom is -0.313 e. The van der Waals surface area contributed by atoms with E-state index < -0.39 is 0 Å². The first-order valence-corrected chi connectivity index (χ1v) is 6.11. The molecule has 1 aromatic heterocycles. The molecular weight excluding hydrogens is 210 g/mol. The number of hydrogen-bond donors (Lipinski definition) is 1. The zero-order valence-corrected chi connectivity index (χ0v) is 10.5. The molecule has 1 heterocycles. The van der Waals surface area contributed by atoms with Crippen molar-refractivity contribution in [3.8, 4) is 5.69 Å². The Balaban J connectivity index is 2.25. The van der Waals surface area contributed by atoms with E-state index in [0.717, 1.165) is 25.2 Å². The van der Waals surface area contributed by atoms with Crippen molar-refractivity contribution in [2.75, 3.05) is 6.54 Å². The van der Waals surface area contributed by atoms with Gasteiger partial charge in [-0.1, -0.05) is 24.6 Å². The second-order valence-electron chi connectivity index (χ2n) is 4.26.